The number of hydrogen-bond acceptors (Lipinski definition) is 3. The van der Waals surface area contributed by atoms with Crippen molar-refractivity contribution in [3.63, 3.8) is 0 Å². The van der Waals surface area contributed by atoms with Gasteiger partial charge in [0.1, 0.15) is 0 Å². The van der Waals surface area contributed by atoms with Crippen molar-refractivity contribution in [3.8, 4) is 0 Å². The van der Waals surface area contributed by atoms with Gasteiger partial charge in [0.2, 0.25) is 0 Å². The van der Waals surface area contributed by atoms with Crippen molar-refractivity contribution in [2.75, 3.05) is 0 Å². The smallest absolute Gasteiger partial charge is 0.165 e. The number of aliphatic hydroxyl groups is 1. The Labute approximate surface area is 95.7 Å². The predicted octanol–water partition coefficient (Wildman–Crippen LogP) is 2.32. The van der Waals surface area contributed by atoms with Gasteiger partial charge in [-0.25, -0.2) is 0 Å². The summed E-state index contributed by atoms with van der Waals surface area (Å²) in [5.41, 5.74) is 2.17. The topological polar surface area (TPSA) is 41.8 Å². The van der Waals surface area contributed by atoms with Crippen LogP contribution in [0, 0.1) is 0 Å². The first kappa shape index (κ1) is 11.1. The van der Waals surface area contributed by atoms with Crippen LogP contribution < -0.4 is 0 Å². The average Bonchev–Trinajstić information content (AvgIpc) is 2.73. The van der Waals surface area contributed by atoms with Crippen molar-refractivity contribution in [2.45, 2.75) is 38.4 Å². The molecule has 0 aromatic heterocycles. The summed E-state index contributed by atoms with van der Waals surface area (Å²) in [6.07, 6.45) is 0.0818. The minimum atomic E-state index is -0.516. The van der Waals surface area contributed by atoms with Crippen molar-refractivity contribution in [2.24, 2.45) is 5.16 Å². The second-order valence-electron chi connectivity index (χ2n) is 4.14. The lowest BCUT2D eigenvalue weighted by atomic mass is 9.86. The van der Waals surface area contributed by atoms with E-state index in [1.807, 2.05) is 18.2 Å². The van der Waals surface area contributed by atoms with E-state index in [0.717, 1.165) is 17.7 Å². The van der Waals surface area contributed by atoms with Gasteiger partial charge in [-0.1, -0.05) is 42.4 Å². The summed E-state index contributed by atoms with van der Waals surface area (Å²) in [7, 11) is 0. The molecule has 1 aliphatic rings. The van der Waals surface area contributed by atoms with Crippen LogP contribution in [0.4, 0.5) is 0 Å². The van der Waals surface area contributed by atoms with E-state index in [-0.39, 0.29) is 12.0 Å². The van der Waals surface area contributed by atoms with E-state index in [1.54, 1.807) is 6.92 Å². The third kappa shape index (κ3) is 1.95. The van der Waals surface area contributed by atoms with Gasteiger partial charge in [0.05, 0.1) is 17.7 Å². The van der Waals surface area contributed by atoms with E-state index in [4.69, 9.17) is 4.84 Å². The van der Waals surface area contributed by atoms with Gasteiger partial charge in [0.25, 0.3) is 0 Å². The predicted molar refractivity (Wildman–Crippen MR) is 63.5 cm³/mol. The molecule has 3 nitrogen and oxygen atoms in total. The Morgan fingerprint density at radius 3 is 2.62 bits per heavy atom. The Balaban J connectivity index is 2.31. The van der Waals surface area contributed by atoms with Crippen LogP contribution in [-0.4, -0.2) is 23.0 Å². The fourth-order valence-electron chi connectivity index (χ4n) is 2.13. The minimum absolute atomic E-state index is 0.0891. The quantitative estimate of drug-likeness (QED) is 0.847. The third-order valence-electron chi connectivity index (χ3n) is 2.98. The van der Waals surface area contributed by atoms with E-state index in [2.05, 4.69) is 24.2 Å². The molecule has 0 aliphatic carbocycles. The van der Waals surface area contributed by atoms with Gasteiger partial charge in [-0.05, 0) is 18.9 Å². The number of rotatable bonds is 3. The molecule has 1 N–H and O–H groups in total. The van der Waals surface area contributed by atoms with Crippen molar-refractivity contribution in [1.29, 1.82) is 0 Å². The molecule has 86 valence electrons. The molecule has 1 aromatic rings. The van der Waals surface area contributed by atoms with Gasteiger partial charge in [-0.15, -0.1) is 0 Å². The van der Waals surface area contributed by atoms with Gasteiger partial charge in [0, 0.05) is 0 Å². The fraction of sp³-hybridized carbons (Fsp3) is 0.462. The van der Waals surface area contributed by atoms with Crippen LogP contribution >= 0.6 is 0 Å². The molecule has 0 saturated carbocycles. The Morgan fingerprint density at radius 1 is 1.38 bits per heavy atom. The lowest BCUT2D eigenvalue weighted by molar-refractivity contribution is -0.0154. The first-order valence-electron chi connectivity index (χ1n) is 5.69. The first-order chi connectivity index (χ1) is 7.74. The highest BCUT2D eigenvalue weighted by Crippen LogP contribution is 2.32. The van der Waals surface area contributed by atoms with Crippen LogP contribution in [0.5, 0.6) is 0 Å². The molecule has 1 heterocycles. The minimum Gasteiger partial charge on any atom is -0.389 e. The molecule has 1 aliphatic heterocycles. The second-order valence-corrected chi connectivity index (χ2v) is 4.14. The summed E-state index contributed by atoms with van der Waals surface area (Å²) in [4.78, 5) is 5.32. The molecule has 0 spiro atoms. The first-order valence-corrected chi connectivity index (χ1v) is 5.69. The zero-order valence-corrected chi connectivity index (χ0v) is 9.63. The summed E-state index contributed by atoms with van der Waals surface area (Å²) >= 11 is 0. The lowest BCUT2D eigenvalue weighted by Gasteiger charge is -2.21. The monoisotopic (exact) mass is 219 g/mol. The highest BCUT2D eigenvalue weighted by Gasteiger charge is 2.37. The van der Waals surface area contributed by atoms with Gasteiger partial charge in [-0.3, -0.25) is 0 Å². The molecule has 0 radical (unpaired) electrons. The molecule has 0 saturated heterocycles. The van der Waals surface area contributed by atoms with Crippen molar-refractivity contribution in [3.05, 3.63) is 35.9 Å². The summed E-state index contributed by atoms with van der Waals surface area (Å²) in [6, 6.07) is 10.1. The van der Waals surface area contributed by atoms with E-state index >= 15 is 0 Å². The third-order valence-corrected chi connectivity index (χ3v) is 2.98. The van der Waals surface area contributed by atoms with Crippen molar-refractivity contribution >= 4 is 5.71 Å². The normalized spacial score (nSPS) is 26.1. The SMILES string of the molecule is CCC1=NO[C@@H]([C@@H](C)O)[C@H]1c1ccccc1. The van der Waals surface area contributed by atoms with Gasteiger partial charge in [-0.2, -0.15) is 0 Å². The zero-order valence-electron chi connectivity index (χ0n) is 9.63. The van der Waals surface area contributed by atoms with Crippen LogP contribution in [0.3, 0.4) is 0 Å². The maximum absolute atomic E-state index is 9.70. The van der Waals surface area contributed by atoms with E-state index in [1.165, 1.54) is 0 Å². The number of nitrogens with zero attached hydrogens (tertiary/aromatic N) is 1. The van der Waals surface area contributed by atoms with E-state index in [9.17, 15) is 5.11 Å². The van der Waals surface area contributed by atoms with Crippen LogP contribution in [0.15, 0.2) is 35.5 Å². The zero-order chi connectivity index (χ0) is 11.5. The van der Waals surface area contributed by atoms with E-state index in [0.29, 0.717) is 0 Å². The molecule has 0 amide bonds. The molecule has 2 rings (SSSR count). The number of oxime groups is 1. The molecular weight excluding hydrogens is 202 g/mol. The summed E-state index contributed by atoms with van der Waals surface area (Å²) in [5.74, 6) is 0.0891. The fourth-order valence-corrected chi connectivity index (χ4v) is 2.13. The Bertz CT molecular complexity index is 373. The lowest BCUT2D eigenvalue weighted by Crippen LogP contribution is -2.31. The Morgan fingerprint density at radius 2 is 2.06 bits per heavy atom. The standard InChI is InChI=1S/C13H17NO2/c1-3-11-12(10-7-5-4-6-8-10)13(9(2)15)16-14-11/h4-9,12-13,15H,3H2,1-2H3/t9-,12+,13+/m1/s1. The van der Waals surface area contributed by atoms with Crippen molar-refractivity contribution in [1.82, 2.24) is 0 Å². The number of hydrogen-bond donors (Lipinski definition) is 1. The van der Waals surface area contributed by atoms with Gasteiger partial charge < -0.3 is 9.94 Å². The van der Waals surface area contributed by atoms with Crippen LogP contribution in [0.1, 0.15) is 31.7 Å². The molecule has 1 aromatic carbocycles. The summed E-state index contributed by atoms with van der Waals surface area (Å²) in [5, 5.41) is 13.8. The van der Waals surface area contributed by atoms with Crippen LogP contribution in [0.25, 0.3) is 0 Å². The highest BCUT2D eigenvalue weighted by molar-refractivity contribution is 5.92. The molecule has 3 atom stereocenters. The number of benzene rings is 1. The van der Waals surface area contributed by atoms with Crippen molar-refractivity contribution < 1.29 is 9.94 Å². The Kier molecular flexibility index (Phi) is 3.25. The highest BCUT2D eigenvalue weighted by atomic mass is 16.7. The molecule has 0 unspecified atom stereocenters. The molecule has 3 heteroatoms. The maximum atomic E-state index is 9.70. The number of aliphatic hydroxyl groups excluding tert-OH is 1. The molecule has 16 heavy (non-hydrogen) atoms. The Hall–Kier alpha value is -1.35. The van der Waals surface area contributed by atoms with Crippen LogP contribution in [-0.2, 0) is 4.84 Å². The molecule has 0 fully saturated rings. The summed E-state index contributed by atoms with van der Waals surface area (Å²) in [6.45, 7) is 3.80. The van der Waals surface area contributed by atoms with Crippen LogP contribution in [0.2, 0.25) is 0 Å². The van der Waals surface area contributed by atoms with Gasteiger partial charge >= 0.3 is 0 Å². The average molecular weight is 219 g/mol. The second kappa shape index (κ2) is 4.66. The van der Waals surface area contributed by atoms with E-state index < -0.39 is 6.10 Å². The maximum Gasteiger partial charge on any atom is 0.165 e. The van der Waals surface area contributed by atoms with Gasteiger partial charge in [0.15, 0.2) is 6.10 Å². The molecular formula is C13H17NO2. The molecule has 0 bridgehead atoms. The summed E-state index contributed by atoms with van der Waals surface area (Å²) < 4.78 is 0. The largest absolute Gasteiger partial charge is 0.389 e.